The van der Waals surface area contributed by atoms with Crippen molar-refractivity contribution in [3.63, 3.8) is 0 Å². The molecular weight excluding hydrogens is 208 g/mol. The van der Waals surface area contributed by atoms with Crippen molar-refractivity contribution in [2.75, 3.05) is 33.4 Å². The first kappa shape index (κ1) is 11.0. The summed E-state index contributed by atoms with van der Waals surface area (Å²) in [7, 11) is 1.80. The normalized spacial score (nSPS) is 16.2. The highest BCUT2D eigenvalue weighted by atomic mass is 16.5. The van der Waals surface area contributed by atoms with E-state index in [9.17, 15) is 4.79 Å². The molecule has 1 fully saturated rings. The van der Waals surface area contributed by atoms with Crippen molar-refractivity contribution in [3.05, 3.63) is 24.2 Å². The number of furan rings is 1. The fraction of sp³-hybridized carbons (Fsp3) is 0.545. The third-order valence-corrected chi connectivity index (χ3v) is 2.61. The molecule has 1 aliphatic rings. The lowest BCUT2D eigenvalue weighted by molar-refractivity contribution is 0.0448. The van der Waals surface area contributed by atoms with Crippen molar-refractivity contribution < 1.29 is 13.9 Å². The van der Waals surface area contributed by atoms with Gasteiger partial charge in [-0.05, 0) is 6.07 Å². The Balaban J connectivity index is 1.88. The molecule has 1 aliphatic heterocycles. The van der Waals surface area contributed by atoms with Gasteiger partial charge >= 0.3 is 6.03 Å². The van der Waals surface area contributed by atoms with Crippen LogP contribution in [0.25, 0.3) is 0 Å². The molecule has 0 aliphatic carbocycles. The average Bonchev–Trinajstić information content (AvgIpc) is 2.82. The molecule has 0 saturated carbocycles. The maximum atomic E-state index is 12.0. The number of amides is 2. The van der Waals surface area contributed by atoms with E-state index in [1.165, 1.54) is 0 Å². The molecule has 1 aromatic rings. The minimum absolute atomic E-state index is 0.0458. The van der Waals surface area contributed by atoms with Gasteiger partial charge in [0.05, 0.1) is 32.3 Å². The number of hydrogen-bond acceptors (Lipinski definition) is 3. The number of ether oxygens (including phenoxy) is 1. The van der Waals surface area contributed by atoms with Crippen LogP contribution in [0.2, 0.25) is 0 Å². The Morgan fingerprint density at radius 2 is 2.25 bits per heavy atom. The SMILES string of the molecule is CN(Cc1ccoc1)C(=O)N1CCOCC1. The summed E-state index contributed by atoms with van der Waals surface area (Å²) >= 11 is 0. The van der Waals surface area contributed by atoms with Gasteiger partial charge in [0.25, 0.3) is 0 Å². The van der Waals surface area contributed by atoms with Crippen LogP contribution in [-0.4, -0.2) is 49.2 Å². The molecule has 0 spiro atoms. The zero-order chi connectivity index (χ0) is 11.4. The Bertz CT molecular complexity index is 331. The van der Waals surface area contributed by atoms with Crippen LogP contribution in [0.1, 0.15) is 5.56 Å². The van der Waals surface area contributed by atoms with Crippen LogP contribution in [-0.2, 0) is 11.3 Å². The van der Waals surface area contributed by atoms with Crippen LogP contribution in [0.5, 0.6) is 0 Å². The van der Waals surface area contributed by atoms with E-state index in [0.29, 0.717) is 32.8 Å². The number of nitrogens with zero attached hydrogens (tertiary/aromatic N) is 2. The summed E-state index contributed by atoms with van der Waals surface area (Å²) in [6.07, 6.45) is 3.27. The molecule has 0 bridgehead atoms. The second kappa shape index (κ2) is 5.03. The fourth-order valence-electron chi connectivity index (χ4n) is 1.72. The van der Waals surface area contributed by atoms with E-state index in [4.69, 9.17) is 9.15 Å². The van der Waals surface area contributed by atoms with E-state index in [0.717, 1.165) is 5.56 Å². The predicted molar refractivity (Wildman–Crippen MR) is 58.0 cm³/mol. The number of carbonyl (C=O) groups excluding carboxylic acids is 1. The molecule has 0 N–H and O–H groups in total. The molecule has 2 rings (SSSR count). The smallest absolute Gasteiger partial charge is 0.320 e. The second-order valence-corrected chi connectivity index (χ2v) is 3.87. The monoisotopic (exact) mass is 224 g/mol. The van der Waals surface area contributed by atoms with Gasteiger partial charge in [0.2, 0.25) is 0 Å². The van der Waals surface area contributed by atoms with Gasteiger partial charge in [0, 0.05) is 25.7 Å². The topological polar surface area (TPSA) is 45.9 Å². The largest absolute Gasteiger partial charge is 0.472 e. The van der Waals surface area contributed by atoms with E-state index in [-0.39, 0.29) is 6.03 Å². The standard InChI is InChI=1S/C11H16N2O3/c1-12(8-10-2-5-16-9-10)11(14)13-3-6-15-7-4-13/h2,5,9H,3-4,6-8H2,1H3. The first-order valence-corrected chi connectivity index (χ1v) is 5.36. The number of rotatable bonds is 2. The minimum Gasteiger partial charge on any atom is -0.472 e. The quantitative estimate of drug-likeness (QED) is 0.757. The third-order valence-electron chi connectivity index (χ3n) is 2.61. The summed E-state index contributed by atoms with van der Waals surface area (Å²) in [4.78, 5) is 15.5. The van der Waals surface area contributed by atoms with E-state index in [1.807, 2.05) is 11.0 Å². The molecule has 1 aromatic heterocycles. The van der Waals surface area contributed by atoms with Crippen LogP contribution >= 0.6 is 0 Å². The Morgan fingerprint density at radius 1 is 1.50 bits per heavy atom. The molecule has 0 radical (unpaired) electrons. The van der Waals surface area contributed by atoms with Crippen LogP contribution in [0, 0.1) is 0 Å². The van der Waals surface area contributed by atoms with Gasteiger partial charge in [-0.1, -0.05) is 0 Å². The van der Waals surface area contributed by atoms with Crippen molar-refractivity contribution in [1.82, 2.24) is 9.80 Å². The summed E-state index contributed by atoms with van der Waals surface area (Å²) in [6, 6.07) is 1.91. The lowest BCUT2D eigenvalue weighted by Gasteiger charge is -2.30. The number of carbonyl (C=O) groups is 1. The summed E-state index contributed by atoms with van der Waals surface area (Å²) in [6.45, 7) is 3.19. The van der Waals surface area contributed by atoms with Crippen molar-refractivity contribution >= 4 is 6.03 Å². The van der Waals surface area contributed by atoms with Crippen molar-refractivity contribution in [3.8, 4) is 0 Å². The minimum atomic E-state index is 0.0458. The Kier molecular flexibility index (Phi) is 3.46. The number of hydrogen-bond donors (Lipinski definition) is 0. The lowest BCUT2D eigenvalue weighted by atomic mass is 10.3. The molecule has 2 amide bonds. The summed E-state index contributed by atoms with van der Waals surface area (Å²) in [5.41, 5.74) is 1.00. The molecule has 1 saturated heterocycles. The molecule has 0 atom stereocenters. The predicted octanol–water partition coefficient (Wildman–Crippen LogP) is 1.16. The summed E-state index contributed by atoms with van der Waals surface area (Å²) in [5, 5.41) is 0. The van der Waals surface area contributed by atoms with E-state index in [2.05, 4.69) is 0 Å². The van der Waals surface area contributed by atoms with Gasteiger partial charge in [-0.25, -0.2) is 4.79 Å². The Morgan fingerprint density at radius 3 is 2.88 bits per heavy atom. The van der Waals surface area contributed by atoms with Crippen molar-refractivity contribution in [1.29, 1.82) is 0 Å². The molecule has 0 unspecified atom stereocenters. The molecule has 16 heavy (non-hydrogen) atoms. The van der Waals surface area contributed by atoms with E-state index >= 15 is 0 Å². The maximum Gasteiger partial charge on any atom is 0.320 e. The van der Waals surface area contributed by atoms with Crippen LogP contribution in [0.4, 0.5) is 4.79 Å². The zero-order valence-corrected chi connectivity index (χ0v) is 9.39. The average molecular weight is 224 g/mol. The van der Waals surface area contributed by atoms with Crippen LogP contribution < -0.4 is 0 Å². The Hall–Kier alpha value is -1.49. The van der Waals surface area contributed by atoms with Crippen molar-refractivity contribution in [2.24, 2.45) is 0 Å². The van der Waals surface area contributed by atoms with Gasteiger partial charge in [0.1, 0.15) is 0 Å². The summed E-state index contributed by atoms with van der Waals surface area (Å²) < 4.78 is 10.2. The van der Waals surface area contributed by atoms with Crippen LogP contribution in [0.3, 0.4) is 0 Å². The molecule has 5 heteroatoms. The first-order valence-electron chi connectivity index (χ1n) is 5.36. The highest BCUT2D eigenvalue weighted by molar-refractivity contribution is 5.74. The van der Waals surface area contributed by atoms with Gasteiger partial charge in [-0.15, -0.1) is 0 Å². The fourth-order valence-corrected chi connectivity index (χ4v) is 1.72. The molecule has 5 nitrogen and oxygen atoms in total. The molecular formula is C11H16N2O3. The second-order valence-electron chi connectivity index (χ2n) is 3.87. The molecule has 0 aromatic carbocycles. The number of morpholine rings is 1. The highest BCUT2D eigenvalue weighted by Crippen LogP contribution is 2.07. The van der Waals surface area contributed by atoms with Crippen molar-refractivity contribution in [2.45, 2.75) is 6.54 Å². The van der Waals surface area contributed by atoms with Gasteiger partial charge in [0.15, 0.2) is 0 Å². The van der Waals surface area contributed by atoms with Crippen LogP contribution in [0.15, 0.2) is 23.0 Å². The highest BCUT2D eigenvalue weighted by Gasteiger charge is 2.20. The molecule has 88 valence electrons. The van der Waals surface area contributed by atoms with E-state index in [1.54, 1.807) is 24.5 Å². The molecule has 2 heterocycles. The van der Waals surface area contributed by atoms with Gasteiger partial charge in [-0.3, -0.25) is 0 Å². The Labute approximate surface area is 94.6 Å². The van der Waals surface area contributed by atoms with Gasteiger partial charge < -0.3 is 19.0 Å². The zero-order valence-electron chi connectivity index (χ0n) is 9.39. The van der Waals surface area contributed by atoms with Gasteiger partial charge in [-0.2, -0.15) is 0 Å². The number of urea groups is 1. The van der Waals surface area contributed by atoms with E-state index < -0.39 is 0 Å². The summed E-state index contributed by atoms with van der Waals surface area (Å²) in [5.74, 6) is 0. The first-order chi connectivity index (χ1) is 7.77. The maximum absolute atomic E-state index is 12.0. The third kappa shape index (κ3) is 2.55. The lowest BCUT2D eigenvalue weighted by Crippen LogP contribution is -2.46.